The van der Waals surface area contributed by atoms with Crippen LogP contribution in [-0.4, -0.2) is 67.4 Å². The molecule has 1 N–H and O–H groups in total. The van der Waals surface area contributed by atoms with Crippen molar-refractivity contribution in [3.05, 3.63) is 16.5 Å². The molecule has 0 saturated carbocycles. The van der Waals surface area contributed by atoms with Crippen LogP contribution in [0.5, 0.6) is 0 Å². The fourth-order valence-electron chi connectivity index (χ4n) is 2.49. The molecule has 1 atom stereocenters. The molecule has 10 heteroatoms. The summed E-state index contributed by atoms with van der Waals surface area (Å²) in [6.07, 6.45) is 0. The summed E-state index contributed by atoms with van der Waals surface area (Å²) >= 11 is 8.58. The van der Waals surface area contributed by atoms with Gasteiger partial charge in [0.1, 0.15) is 4.21 Å². The van der Waals surface area contributed by atoms with Gasteiger partial charge in [-0.05, 0) is 12.1 Å². The van der Waals surface area contributed by atoms with Crippen molar-refractivity contribution < 1.29 is 13.2 Å². The third-order valence-electron chi connectivity index (χ3n) is 3.71. The van der Waals surface area contributed by atoms with Gasteiger partial charge in [0.2, 0.25) is 5.91 Å². The maximum Gasteiger partial charge on any atom is 0.252 e. The molecule has 3 rings (SSSR count). The van der Waals surface area contributed by atoms with E-state index in [1.165, 1.54) is 10.4 Å². The van der Waals surface area contributed by atoms with Crippen LogP contribution >= 0.6 is 34.7 Å². The highest BCUT2D eigenvalue weighted by Gasteiger charge is 2.34. The average molecular weight is 382 g/mol. The van der Waals surface area contributed by atoms with Gasteiger partial charge in [0, 0.05) is 37.8 Å². The van der Waals surface area contributed by atoms with Crippen molar-refractivity contribution in [2.45, 2.75) is 10.3 Å². The molecule has 2 saturated heterocycles. The minimum atomic E-state index is -3.50. The number of nitrogens with zero attached hydrogens (tertiary/aromatic N) is 2. The highest BCUT2D eigenvalue weighted by molar-refractivity contribution is 7.99. The van der Waals surface area contributed by atoms with Crippen molar-refractivity contribution in [1.29, 1.82) is 0 Å². The quantitative estimate of drug-likeness (QED) is 0.842. The van der Waals surface area contributed by atoms with E-state index in [0.29, 0.717) is 30.5 Å². The van der Waals surface area contributed by atoms with Crippen LogP contribution in [0.25, 0.3) is 0 Å². The van der Waals surface area contributed by atoms with Crippen LogP contribution in [0, 0.1) is 0 Å². The summed E-state index contributed by atoms with van der Waals surface area (Å²) in [5, 5.41) is 3.15. The van der Waals surface area contributed by atoms with Crippen LogP contribution in [0.3, 0.4) is 0 Å². The van der Waals surface area contributed by atoms with Crippen LogP contribution in [0.2, 0.25) is 4.34 Å². The van der Waals surface area contributed by atoms with Gasteiger partial charge in [0.15, 0.2) is 0 Å². The number of carbonyl (C=O) groups excluding carboxylic acids is 1. The summed E-state index contributed by atoms with van der Waals surface area (Å²) in [5.74, 6) is 1.65. The van der Waals surface area contributed by atoms with Gasteiger partial charge >= 0.3 is 0 Å². The summed E-state index contributed by atoms with van der Waals surface area (Å²) in [7, 11) is -3.50. The van der Waals surface area contributed by atoms with E-state index in [-0.39, 0.29) is 16.2 Å². The lowest BCUT2D eigenvalue weighted by Gasteiger charge is -2.34. The lowest BCUT2D eigenvalue weighted by atomic mass is 10.2. The van der Waals surface area contributed by atoms with E-state index in [9.17, 15) is 13.2 Å². The van der Waals surface area contributed by atoms with Crippen molar-refractivity contribution in [1.82, 2.24) is 14.5 Å². The molecule has 2 aliphatic rings. The first-order valence-corrected chi connectivity index (χ1v) is 10.6. The Morgan fingerprint density at radius 3 is 2.55 bits per heavy atom. The molecule has 2 aliphatic heterocycles. The maximum atomic E-state index is 12.5. The smallest absolute Gasteiger partial charge is 0.252 e. The van der Waals surface area contributed by atoms with Crippen molar-refractivity contribution in [3.8, 4) is 0 Å². The predicted octanol–water partition coefficient (Wildman–Crippen LogP) is 0.897. The fourth-order valence-corrected chi connectivity index (χ4v) is 6.48. The number of piperazine rings is 1. The topological polar surface area (TPSA) is 69.7 Å². The van der Waals surface area contributed by atoms with E-state index in [0.717, 1.165) is 23.0 Å². The SMILES string of the molecule is O=C(C1CSCN1)N1CCN(S(=O)(=O)c2ccc(Cl)s2)CC1. The minimum absolute atomic E-state index is 0.0706. The Morgan fingerprint density at radius 1 is 1.27 bits per heavy atom. The summed E-state index contributed by atoms with van der Waals surface area (Å²) in [6.45, 7) is 1.51. The van der Waals surface area contributed by atoms with Gasteiger partial charge in [-0.25, -0.2) is 8.42 Å². The summed E-state index contributed by atoms with van der Waals surface area (Å²) in [4.78, 5) is 14.0. The lowest BCUT2D eigenvalue weighted by molar-refractivity contribution is -0.133. The summed E-state index contributed by atoms with van der Waals surface area (Å²) < 4.78 is 27.1. The molecule has 122 valence electrons. The summed E-state index contributed by atoms with van der Waals surface area (Å²) in [5.41, 5.74) is 0. The van der Waals surface area contributed by atoms with E-state index in [1.807, 2.05) is 0 Å². The molecular weight excluding hydrogens is 366 g/mol. The molecule has 0 aromatic carbocycles. The van der Waals surface area contributed by atoms with E-state index >= 15 is 0 Å². The molecule has 6 nitrogen and oxygen atoms in total. The molecular formula is C12H16ClN3O3S3. The second-order valence-corrected chi connectivity index (χ2v) is 9.97. The lowest BCUT2D eigenvalue weighted by Crippen LogP contribution is -2.54. The predicted molar refractivity (Wildman–Crippen MR) is 88.9 cm³/mol. The normalized spacial score (nSPS) is 23.9. The highest BCUT2D eigenvalue weighted by atomic mass is 35.5. The van der Waals surface area contributed by atoms with Gasteiger partial charge in [-0.2, -0.15) is 4.31 Å². The Balaban J connectivity index is 1.63. The van der Waals surface area contributed by atoms with Crippen molar-refractivity contribution >= 4 is 50.6 Å². The number of nitrogens with one attached hydrogen (secondary N) is 1. The Bertz CT molecular complexity index is 650. The van der Waals surface area contributed by atoms with E-state index < -0.39 is 10.0 Å². The molecule has 0 radical (unpaired) electrons. The Morgan fingerprint density at radius 2 is 2.00 bits per heavy atom. The number of hydrogen-bond donors (Lipinski definition) is 1. The van der Waals surface area contributed by atoms with Gasteiger partial charge in [-0.1, -0.05) is 11.6 Å². The van der Waals surface area contributed by atoms with Crippen LogP contribution in [-0.2, 0) is 14.8 Å². The number of hydrogen-bond acceptors (Lipinski definition) is 6. The third-order valence-corrected chi connectivity index (χ3v) is 8.24. The molecule has 2 fully saturated rings. The monoisotopic (exact) mass is 381 g/mol. The largest absolute Gasteiger partial charge is 0.339 e. The minimum Gasteiger partial charge on any atom is -0.339 e. The van der Waals surface area contributed by atoms with E-state index in [2.05, 4.69) is 5.32 Å². The zero-order valence-corrected chi connectivity index (χ0v) is 14.9. The summed E-state index contributed by atoms with van der Waals surface area (Å²) in [6, 6.07) is 2.98. The van der Waals surface area contributed by atoms with Crippen LogP contribution in [0.1, 0.15) is 0 Å². The number of halogens is 1. The molecule has 0 aliphatic carbocycles. The first kappa shape index (κ1) is 16.5. The van der Waals surface area contributed by atoms with Gasteiger partial charge in [0.05, 0.1) is 10.4 Å². The number of rotatable bonds is 3. The molecule has 1 aromatic heterocycles. The zero-order valence-electron chi connectivity index (χ0n) is 11.7. The second-order valence-electron chi connectivity index (χ2n) is 5.06. The zero-order chi connectivity index (χ0) is 15.7. The standard InChI is InChI=1S/C12H16ClN3O3S3/c13-10-1-2-11(21-10)22(18,19)16-5-3-15(4-6-16)12(17)9-7-20-8-14-9/h1-2,9,14H,3-8H2. The second kappa shape index (κ2) is 6.66. The molecule has 3 heterocycles. The number of thiophene rings is 1. The Hall–Kier alpha value is -0.320. The molecule has 1 unspecified atom stereocenters. The van der Waals surface area contributed by atoms with Crippen LogP contribution in [0.15, 0.2) is 16.3 Å². The Kier molecular flexibility index (Phi) is 5.01. The van der Waals surface area contributed by atoms with Crippen molar-refractivity contribution in [2.24, 2.45) is 0 Å². The average Bonchev–Trinajstić information content (AvgIpc) is 3.18. The molecule has 1 aromatic rings. The Labute approximate surface area is 142 Å². The first-order chi connectivity index (χ1) is 10.5. The van der Waals surface area contributed by atoms with E-state index in [4.69, 9.17) is 11.6 Å². The van der Waals surface area contributed by atoms with Gasteiger partial charge < -0.3 is 4.90 Å². The number of sulfonamides is 1. The first-order valence-electron chi connectivity index (χ1n) is 6.84. The van der Waals surface area contributed by atoms with Gasteiger partial charge in [-0.3, -0.25) is 10.1 Å². The number of thioether (sulfide) groups is 1. The number of carbonyl (C=O) groups is 1. The van der Waals surface area contributed by atoms with Crippen molar-refractivity contribution in [2.75, 3.05) is 37.8 Å². The van der Waals surface area contributed by atoms with Crippen LogP contribution in [0.4, 0.5) is 0 Å². The molecule has 0 bridgehead atoms. The third kappa shape index (κ3) is 3.29. The van der Waals surface area contributed by atoms with E-state index in [1.54, 1.807) is 22.7 Å². The molecule has 22 heavy (non-hydrogen) atoms. The number of amides is 1. The van der Waals surface area contributed by atoms with Gasteiger partial charge in [0.25, 0.3) is 10.0 Å². The molecule has 1 amide bonds. The fraction of sp³-hybridized carbons (Fsp3) is 0.583. The molecule has 0 spiro atoms. The van der Waals surface area contributed by atoms with Gasteiger partial charge in [-0.15, -0.1) is 23.1 Å². The van der Waals surface area contributed by atoms with Crippen molar-refractivity contribution in [3.63, 3.8) is 0 Å². The maximum absolute atomic E-state index is 12.5. The highest BCUT2D eigenvalue weighted by Crippen LogP contribution is 2.28. The van der Waals surface area contributed by atoms with Crippen LogP contribution < -0.4 is 5.32 Å².